The number of hydrogen-bond acceptors (Lipinski definition) is 8. The van der Waals surface area contributed by atoms with Gasteiger partial charge in [-0.3, -0.25) is 4.90 Å². The second-order valence-corrected chi connectivity index (χ2v) is 12.2. The van der Waals surface area contributed by atoms with Crippen LogP contribution in [0.3, 0.4) is 0 Å². The van der Waals surface area contributed by atoms with Crippen molar-refractivity contribution in [2.24, 2.45) is 0 Å². The SMILES string of the molecule is O=C(N[C@H]1c2cc3c(cc2N(C(=O)OCC2c4ccccc4-c4ccccc42)[C@@H]1COC(=O)c1ccccc1)OCO3)OCc1ccccc1. The van der Waals surface area contributed by atoms with Crippen molar-refractivity contribution in [3.63, 3.8) is 0 Å². The third-order valence-electron chi connectivity index (χ3n) is 9.25. The molecule has 5 aromatic carbocycles. The van der Waals surface area contributed by atoms with E-state index >= 15 is 0 Å². The average Bonchev–Trinajstić information content (AvgIpc) is 3.84. The zero-order valence-electron chi connectivity index (χ0n) is 26.8. The van der Waals surface area contributed by atoms with Gasteiger partial charge in [0.25, 0.3) is 0 Å². The molecule has 2 amide bonds. The lowest BCUT2D eigenvalue weighted by Gasteiger charge is -2.28. The van der Waals surface area contributed by atoms with Gasteiger partial charge in [-0.05, 0) is 46.0 Å². The minimum absolute atomic E-state index is 0.0124. The van der Waals surface area contributed by atoms with Crippen molar-refractivity contribution in [1.29, 1.82) is 0 Å². The van der Waals surface area contributed by atoms with Gasteiger partial charge in [-0.1, -0.05) is 97.1 Å². The Kier molecular flexibility index (Phi) is 8.26. The molecule has 0 saturated carbocycles. The first-order valence-corrected chi connectivity index (χ1v) is 16.3. The minimum Gasteiger partial charge on any atom is -0.460 e. The molecule has 0 bridgehead atoms. The first-order chi connectivity index (χ1) is 24.5. The number of amides is 2. The summed E-state index contributed by atoms with van der Waals surface area (Å²) in [6.07, 6.45) is -1.38. The Bertz CT molecular complexity index is 2020. The summed E-state index contributed by atoms with van der Waals surface area (Å²) in [6.45, 7) is -0.144. The number of anilines is 1. The molecular weight excluding hydrogens is 636 g/mol. The monoisotopic (exact) mass is 668 g/mol. The minimum atomic E-state index is -0.903. The molecule has 1 aliphatic carbocycles. The molecule has 0 fully saturated rings. The summed E-state index contributed by atoms with van der Waals surface area (Å²) >= 11 is 0. The number of fused-ring (bicyclic) bond motifs is 5. The van der Waals surface area contributed by atoms with E-state index in [0.29, 0.717) is 28.3 Å². The second-order valence-electron chi connectivity index (χ2n) is 12.2. The average molecular weight is 669 g/mol. The molecule has 0 saturated heterocycles. The fraction of sp³-hybridized carbons (Fsp3) is 0.175. The number of benzene rings is 5. The van der Waals surface area contributed by atoms with Crippen LogP contribution < -0.4 is 19.7 Å². The number of alkyl carbamates (subject to hydrolysis) is 1. The highest BCUT2D eigenvalue weighted by Gasteiger charge is 2.46. The largest absolute Gasteiger partial charge is 0.460 e. The van der Waals surface area contributed by atoms with E-state index in [0.717, 1.165) is 27.8 Å². The summed E-state index contributed by atoms with van der Waals surface area (Å²) in [5.41, 5.74) is 6.50. The molecule has 0 aromatic heterocycles. The molecule has 10 heteroatoms. The van der Waals surface area contributed by atoms with Crippen molar-refractivity contribution in [2.75, 3.05) is 24.9 Å². The van der Waals surface area contributed by atoms with E-state index in [1.165, 1.54) is 4.90 Å². The van der Waals surface area contributed by atoms with Crippen LogP contribution >= 0.6 is 0 Å². The molecule has 5 aromatic rings. The smallest absolute Gasteiger partial charge is 0.414 e. The molecule has 8 rings (SSSR count). The fourth-order valence-corrected chi connectivity index (χ4v) is 6.89. The number of rotatable bonds is 8. The Labute approximate surface area is 288 Å². The highest BCUT2D eigenvalue weighted by atomic mass is 16.7. The highest BCUT2D eigenvalue weighted by Crippen LogP contribution is 2.48. The van der Waals surface area contributed by atoms with Crippen LogP contribution in [0.1, 0.15) is 44.6 Å². The van der Waals surface area contributed by atoms with Gasteiger partial charge in [0.05, 0.1) is 23.3 Å². The number of carbonyl (C=O) groups excluding carboxylic acids is 3. The maximum Gasteiger partial charge on any atom is 0.414 e. The standard InChI is InChI=1S/C40H32N2O8/c43-38(26-13-5-2-6-14-26)46-23-34-37(41-39(44)47-21-25-11-3-1-4-12-25)31-19-35-36(50-24-49-35)20-33(31)42(34)40(45)48-22-32-29-17-9-7-15-27(29)28-16-8-10-18-30(28)32/h1-20,32,34,37H,21-24H2,(H,41,44)/t34-,37+/m1/s1. The van der Waals surface area contributed by atoms with Crippen LogP contribution in [0.5, 0.6) is 11.5 Å². The van der Waals surface area contributed by atoms with Crippen LogP contribution in [0.15, 0.2) is 121 Å². The lowest BCUT2D eigenvalue weighted by molar-refractivity contribution is 0.0459. The molecule has 0 spiro atoms. The summed E-state index contributed by atoms with van der Waals surface area (Å²) in [5, 5.41) is 2.92. The molecule has 2 atom stereocenters. The Hall–Kier alpha value is -6.29. The quantitative estimate of drug-likeness (QED) is 0.135. The zero-order chi connectivity index (χ0) is 34.0. The third kappa shape index (κ3) is 5.85. The molecule has 0 radical (unpaired) electrons. The van der Waals surface area contributed by atoms with Crippen LogP contribution in [0, 0.1) is 0 Å². The molecule has 2 aliphatic heterocycles. The van der Waals surface area contributed by atoms with Gasteiger partial charge in [-0.2, -0.15) is 0 Å². The van der Waals surface area contributed by atoms with Crippen molar-refractivity contribution >= 4 is 23.8 Å². The van der Waals surface area contributed by atoms with E-state index in [-0.39, 0.29) is 32.5 Å². The fourth-order valence-electron chi connectivity index (χ4n) is 6.89. The van der Waals surface area contributed by atoms with Crippen LogP contribution in [0.25, 0.3) is 11.1 Å². The summed E-state index contributed by atoms with van der Waals surface area (Å²) in [5.74, 6) is 0.144. The van der Waals surface area contributed by atoms with Gasteiger partial charge in [0.1, 0.15) is 19.8 Å². The summed E-state index contributed by atoms with van der Waals surface area (Å²) in [4.78, 5) is 42.2. The molecule has 0 unspecified atom stereocenters. The van der Waals surface area contributed by atoms with Crippen LogP contribution in [-0.2, 0) is 20.8 Å². The molecule has 3 aliphatic rings. The van der Waals surface area contributed by atoms with Gasteiger partial charge in [0.2, 0.25) is 6.79 Å². The molecule has 10 nitrogen and oxygen atoms in total. The van der Waals surface area contributed by atoms with E-state index in [2.05, 4.69) is 17.4 Å². The number of nitrogens with zero attached hydrogens (tertiary/aromatic N) is 1. The van der Waals surface area contributed by atoms with E-state index in [1.807, 2.05) is 66.7 Å². The van der Waals surface area contributed by atoms with Crippen molar-refractivity contribution in [3.05, 3.63) is 149 Å². The number of carbonyl (C=O) groups is 3. The molecule has 50 heavy (non-hydrogen) atoms. The maximum absolute atomic E-state index is 14.3. The van der Waals surface area contributed by atoms with E-state index in [9.17, 15) is 14.4 Å². The second kappa shape index (κ2) is 13.3. The lowest BCUT2D eigenvalue weighted by Crippen LogP contribution is -2.47. The Morgan fingerprint density at radius 1 is 0.680 bits per heavy atom. The van der Waals surface area contributed by atoms with Gasteiger partial charge in [0, 0.05) is 17.5 Å². The Morgan fingerprint density at radius 2 is 1.30 bits per heavy atom. The topological polar surface area (TPSA) is 113 Å². The van der Waals surface area contributed by atoms with Crippen LogP contribution in [-0.4, -0.2) is 44.2 Å². The third-order valence-corrected chi connectivity index (χ3v) is 9.25. The van der Waals surface area contributed by atoms with E-state index in [4.69, 9.17) is 23.7 Å². The lowest BCUT2D eigenvalue weighted by atomic mass is 9.98. The molecule has 1 N–H and O–H groups in total. The number of nitrogens with one attached hydrogen (secondary N) is 1. The maximum atomic E-state index is 14.3. The van der Waals surface area contributed by atoms with Crippen molar-refractivity contribution in [1.82, 2.24) is 5.32 Å². The van der Waals surface area contributed by atoms with Gasteiger partial charge in [0.15, 0.2) is 11.5 Å². The normalized spacial score (nSPS) is 16.6. The summed E-state index contributed by atoms with van der Waals surface area (Å²) in [6, 6.07) is 35.7. The predicted molar refractivity (Wildman–Crippen MR) is 183 cm³/mol. The first-order valence-electron chi connectivity index (χ1n) is 16.3. The molecular formula is C40H32N2O8. The Balaban J connectivity index is 1.10. The van der Waals surface area contributed by atoms with Gasteiger partial charge in [-0.15, -0.1) is 0 Å². The van der Waals surface area contributed by atoms with Crippen LogP contribution in [0.2, 0.25) is 0 Å². The molecule has 2 heterocycles. The van der Waals surface area contributed by atoms with E-state index in [1.54, 1.807) is 42.5 Å². The number of hydrogen-bond donors (Lipinski definition) is 1. The van der Waals surface area contributed by atoms with Crippen LogP contribution in [0.4, 0.5) is 15.3 Å². The van der Waals surface area contributed by atoms with E-state index < -0.39 is 30.2 Å². The molecule has 250 valence electrons. The van der Waals surface area contributed by atoms with Gasteiger partial charge < -0.3 is 29.0 Å². The van der Waals surface area contributed by atoms with Crippen molar-refractivity contribution in [2.45, 2.75) is 24.6 Å². The van der Waals surface area contributed by atoms with Crippen molar-refractivity contribution < 1.29 is 38.1 Å². The van der Waals surface area contributed by atoms with Gasteiger partial charge in [-0.25, -0.2) is 14.4 Å². The van der Waals surface area contributed by atoms with Crippen molar-refractivity contribution in [3.8, 4) is 22.6 Å². The Morgan fingerprint density at radius 3 is 2.00 bits per heavy atom. The summed E-state index contributed by atoms with van der Waals surface area (Å²) < 4.78 is 28.8. The summed E-state index contributed by atoms with van der Waals surface area (Å²) in [7, 11) is 0. The number of esters is 1. The first kappa shape index (κ1) is 31.0. The predicted octanol–water partition coefficient (Wildman–Crippen LogP) is 7.38. The number of ether oxygens (including phenoxy) is 5. The highest BCUT2D eigenvalue weighted by molar-refractivity contribution is 5.94. The zero-order valence-corrected chi connectivity index (χ0v) is 26.8. The van der Waals surface area contributed by atoms with Gasteiger partial charge >= 0.3 is 18.2 Å².